The molecule has 2 amide bonds. The van der Waals surface area contributed by atoms with Crippen LogP contribution >= 0.6 is 0 Å². The van der Waals surface area contributed by atoms with Gasteiger partial charge in [-0.1, -0.05) is 18.2 Å². The van der Waals surface area contributed by atoms with Crippen molar-refractivity contribution >= 4 is 23.6 Å². The molecule has 2 N–H and O–H groups in total. The highest BCUT2D eigenvalue weighted by atomic mass is 16.5. The molecule has 0 aliphatic carbocycles. The summed E-state index contributed by atoms with van der Waals surface area (Å²) in [6.07, 6.45) is 5.20. The summed E-state index contributed by atoms with van der Waals surface area (Å²) in [6.45, 7) is 4.12. The molecule has 1 saturated heterocycles. The third-order valence-electron chi connectivity index (χ3n) is 7.58. The molecule has 38 heavy (non-hydrogen) atoms. The molecule has 1 unspecified atom stereocenters. The monoisotopic (exact) mass is 520 g/mol. The number of likely N-dealkylation sites (tertiary alicyclic amines) is 1. The van der Waals surface area contributed by atoms with Crippen molar-refractivity contribution in [3.8, 4) is 5.75 Å². The molecule has 4 heterocycles. The summed E-state index contributed by atoms with van der Waals surface area (Å²) in [7, 11) is 0. The molecule has 0 spiro atoms. The number of fused-ring (bicyclic) bond motifs is 2. The second-order valence-electron chi connectivity index (χ2n) is 10.2. The molecule has 3 aliphatic rings. The van der Waals surface area contributed by atoms with Gasteiger partial charge in [-0.15, -0.1) is 0 Å². The van der Waals surface area contributed by atoms with Crippen LogP contribution in [0.2, 0.25) is 0 Å². The lowest BCUT2D eigenvalue weighted by atomic mass is 9.99. The number of aryl methyl sites for hydroxylation is 2. The van der Waals surface area contributed by atoms with Crippen molar-refractivity contribution < 1.29 is 23.9 Å². The Balaban J connectivity index is 1.16. The van der Waals surface area contributed by atoms with Gasteiger partial charge < -0.3 is 25.0 Å². The number of pyridine rings is 1. The van der Waals surface area contributed by atoms with E-state index in [1.54, 1.807) is 11.8 Å². The molecule has 9 heteroatoms. The number of aromatic nitrogens is 1. The summed E-state index contributed by atoms with van der Waals surface area (Å²) in [6, 6.07) is 9.41. The van der Waals surface area contributed by atoms with Crippen LogP contribution in [-0.2, 0) is 38.4 Å². The lowest BCUT2D eigenvalue weighted by molar-refractivity contribution is -0.144. The van der Waals surface area contributed by atoms with Gasteiger partial charge in [-0.2, -0.15) is 0 Å². The predicted octanol–water partition coefficient (Wildman–Crippen LogP) is 2.97. The van der Waals surface area contributed by atoms with Gasteiger partial charge in [0.1, 0.15) is 11.6 Å². The van der Waals surface area contributed by atoms with Crippen LogP contribution in [0.25, 0.3) is 0 Å². The normalized spacial score (nSPS) is 18.7. The first-order valence-corrected chi connectivity index (χ1v) is 13.7. The first-order chi connectivity index (χ1) is 18.5. The largest absolute Gasteiger partial charge is 0.493 e. The maximum absolute atomic E-state index is 13.1. The summed E-state index contributed by atoms with van der Waals surface area (Å²) >= 11 is 0. The Morgan fingerprint density at radius 2 is 2.11 bits per heavy atom. The molecular weight excluding hydrogens is 484 g/mol. The zero-order chi connectivity index (χ0) is 26.5. The van der Waals surface area contributed by atoms with Gasteiger partial charge in [-0.05, 0) is 67.9 Å². The first-order valence-electron chi connectivity index (χ1n) is 13.7. The lowest BCUT2D eigenvalue weighted by Crippen LogP contribution is -2.40. The predicted molar refractivity (Wildman–Crippen MR) is 142 cm³/mol. The molecular formula is C29H36N4O5. The van der Waals surface area contributed by atoms with E-state index in [0.29, 0.717) is 19.6 Å². The van der Waals surface area contributed by atoms with E-state index >= 15 is 0 Å². The SMILES string of the molecule is CCOC(=O)CC(NC(=O)CN1CC[C@H](CCc2ccc3c(n2)NCCC3)C1=O)c1ccc2c(c1)OCC2. The maximum Gasteiger partial charge on any atom is 0.308 e. The Labute approximate surface area is 223 Å². The third-order valence-corrected chi connectivity index (χ3v) is 7.58. The van der Waals surface area contributed by atoms with E-state index in [0.717, 1.165) is 67.0 Å². The number of hydrogen-bond donors (Lipinski definition) is 2. The fraction of sp³-hybridized carbons (Fsp3) is 0.517. The second-order valence-corrected chi connectivity index (χ2v) is 10.2. The smallest absolute Gasteiger partial charge is 0.308 e. The van der Waals surface area contributed by atoms with E-state index in [4.69, 9.17) is 14.5 Å². The molecule has 202 valence electrons. The Kier molecular flexibility index (Phi) is 8.10. The summed E-state index contributed by atoms with van der Waals surface area (Å²) in [5, 5.41) is 6.32. The summed E-state index contributed by atoms with van der Waals surface area (Å²) in [4.78, 5) is 44.7. The average molecular weight is 521 g/mol. The van der Waals surface area contributed by atoms with E-state index in [2.05, 4.69) is 22.8 Å². The van der Waals surface area contributed by atoms with Crippen LogP contribution in [0.5, 0.6) is 5.75 Å². The number of rotatable bonds is 10. The third kappa shape index (κ3) is 6.09. The maximum atomic E-state index is 13.1. The van der Waals surface area contributed by atoms with Gasteiger partial charge in [-0.25, -0.2) is 4.98 Å². The van der Waals surface area contributed by atoms with Crippen molar-refractivity contribution in [1.82, 2.24) is 15.2 Å². The van der Waals surface area contributed by atoms with E-state index < -0.39 is 6.04 Å². The topological polar surface area (TPSA) is 110 Å². The number of carbonyl (C=O) groups is 3. The Hall–Kier alpha value is -3.62. The molecule has 0 saturated carbocycles. The molecule has 2 aromatic rings. The van der Waals surface area contributed by atoms with Crippen molar-refractivity contribution in [3.63, 3.8) is 0 Å². The second kappa shape index (κ2) is 11.8. The van der Waals surface area contributed by atoms with E-state index in [1.807, 2.05) is 18.2 Å². The number of hydrogen-bond acceptors (Lipinski definition) is 7. The number of ether oxygens (including phenoxy) is 2. The van der Waals surface area contributed by atoms with Crippen molar-refractivity contribution in [1.29, 1.82) is 0 Å². The molecule has 1 aromatic heterocycles. The Morgan fingerprint density at radius 3 is 2.97 bits per heavy atom. The van der Waals surface area contributed by atoms with Crippen LogP contribution in [0, 0.1) is 5.92 Å². The van der Waals surface area contributed by atoms with Crippen LogP contribution in [0.4, 0.5) is 5.82 Å². The van der Waals surface area contributed by atoms with Crippen LogP contribution in [0.3, 0.4) is 0 Å². The zero-order valence-electron chi connectivity index (χ0n) is 22.0. The van der Waals surface area contributed by atoms with E-state index in [9.17, 15) is 14.4 Å². The molecule has 5 rings (SSSR count). The van der Waals surface area contributed by atoms with Crippen molar-refractivity contribution in [2.45, 2.75) is 57.9 Å². The molecule has 2 atom stereocenters. The highest BCUT2D eigenvalue weighted by Crippen LogP contribution is 2.30. The standard InChI is InChI=1S/C29H36N4O5/c1-2-37-27(35)17-24(22-6-5-19-12-15-38-25(19)16-22)32-26(34)18-33-14-11-21(29(33)36)8-10-23-9-7-20-4-3-13-30-28(20)31-23/h5-7,9,16,21,24H,2-4,8,10-15,17-18H2,1H3,(H,30,31)(H,32,34)/t21-,24?/m0/s1. The van der Waals surface area contributed by atoms with Crippen LogP contribution in [0.15, 0.2) is 30.3 Å². The molecule has 3 aliphatic heterocycles. The molecule has 1 fully saturated rings. The molecule has 9 nitrogen and oxygen atoms in total. The Morgan fingerprint density at radius 1 is 1.24 bits per heavy atom. The van der Waals surface area contributed by atoms with Crippen LogP contribution in [0.1, 0.15) is 61.0 Å². The fourth-order valence-corrected chi connectivity index (χ4v) is 5.51. The number of carbonyl (C=O) groups excluding carboxylic acids is 3. The van der Waals surface area contributed by atoms with Crippen molar-refractivity contribution in [2.75, 3.05) is 38.2 Å². The summed E-state index contributed by atoms with van der Waals surface area (Å²) in [5.41, 5.74) is 4.14. The minimum atomic E-state index is -0.562. The van der Waals surface area contributed by atoms with E-state index in [1.165, 1.54) is 5.56 Å². The highest BCUT2D eigenvalue weighted by Gasteiger charge is 2.33. The number of esters is 1. The quantitative estimate of drug-likeness (QED) is 0.464. The zero-order valence-corrected chi connectivity index (χ0v) is 22.0. The number of benzene rings is 1. The number of nitrogens with zero attached hydrogens (tertiary/aromatic N) is 2. The summed E-state index contributed by atoms with van der Waals surface area (Å²) < 4.78 is 10.8. The van der Waals surface area contributed by atoms with Gasteiger partial charge in [0.05, 0.1) is 32.2 Å². The first kappa shape index (κ1) is 26.0. The molecule has 0 bridgehead atoms. The lowest BCUT2D eigenvalue weighted by Gasteiger charge is -2.22. The summed E-state index contributed by atoms with van der Waals surface area (Å²) in [5.74, 6) is 0.964. The minimum Gasteiger partial charge on any atom is -0.493 e. The number of amides is 2. The van der Waals surface area contributed by atoms with Gasteiger partial charge in [-0.3, -0.25) is 14.4 Å². The van der Waals surface area contributed by atoms with Crippen molar-refractivity contribution in [3.05, 3.63) is 52.7 Å². The van der Waals surface area contributed by atoms with Gasteiger partial charge in [0, 0.05) is 31.1 Å². The average Bonchev–Trinajstić information content (AvgIpc) is 3.53. The highest BCUT2D eigenvalue weighted by molar-refractivity contribution is 5.87. The molecule has 0 radical (unpaired) electrons. The minimum absolute atomic E-state index is 0.00380. The van der Waals surface area contributed by atoms with E-state index in [-0.39, 0.29) is 43.3 Å². The number of anilines is 1. The number of nitrogens with one attached hydrogen (secondary N) is 2. The van der Waals surface area contributed by atoms with Crippen molar-refractivity contribution in [2.24, 2.45) is 5.92 Å². The van der Waals surface area contributed by atoms with Crippen LogP contribution in [-0.4, -0.2) is 60.5 Å². The van der Waals surface area contributed by atoms with Crippen LogP contribution < -0.4 is 15.4 Å². The fourth-order valence-electron chi connectivity index (χ4n) is 5.51. The Bertz CT molecular complexity index is 1200. The van der Waals surface area contributed by atoms with Gasteiger partial charge in [0.25, 0.3) is 0 Å². The van der Waals surface area contributed by atoms with Gasteiger partial charge in [0.2, 0.25) is 11.8 Å². The van der Waals surface area contributed by atoms with Gasteiger partial charge in [0.15, 0.2) is 0 Å². The van der Waals surface area contributed by atoms with Gasteiger partial charge >= 0.3 is 5.97 Å². The molecule has 1 aromatic carbocycles.